The van der Waals surface area contributed by atoms with Gasteiger partial charge in [-0.05, 0) is 49.2 Å². The summed E-state index contributed by atoms with van der Waals surface area (Å²) in [6.45, 7) is 0.710. The van der Waals surface area contributed by atoms with E-state index < -0.39 is 5.67 Å². The molecule has 0 unspecified atom stereocenters. The summed E-state index contributed by atoms with van der Waals surface area (Å²) in [4.78, 5) is 27.4. The molecule has 0 spiro atoms. The molecule has 7 heteroatoms. The van der Waals surface area contributed by atoms with E-state index in [-0.39, 0.29) is 25.2 Å². The number of nitrogens with zero attached hydrogens (tertiary/aromatic N) is 4. The van der Waals surface area contributed by atoms with E-state index in [9.17, 15) is 4.79 Å². The van der Waals surface area contributed by atoms with Crippen LogP contribution < -0.4 is 0 Å². The van der Waals surface area contributed by atoms with Crippen LogP contribution in [0.5, 0.6) is 0 Å². The van der Waals surface area contributed by atoms with Crippen LogP contribution in [0.15, 0.2) is 61.2 Å². The van der Waals surface area contributed by atoms with Crippen LogP contribution in [0.25, 0.3) is 11.3 Å². The molecule has 1 aliphatic rings. The van der Waals surface area contributed by atoms with Gasteiger partial charge in [0.25, 0.3) is 5.91 Å². The Kier molecular flexibility index (Phi) is 5.53. The largest absolute Gasteiger partial charge is 0.338 e. The molecule has 3 aromatic rings. The fraction of sp³-hybridized carbons (Fsp3) is 0.273. The molecule has 0 bridgehead atoms. The lowest BCUT2D eigenvalue weighted by molar-refractivity contribution is 0.0434. The number of carbonyl (C=O) groups excluding carboxylic acids is 1. The third-order valence-electron chi connectivity index (χ3n) is 5.23. The van der Waals surface area contributed by atoms with E-state index in [2.05, 4.69) is 15.0 Å². The molecule has 3 aromatic heterocycles. The van der Waals surface area contributed by atoms with Gasteiger partial charge in [-0.2, -0.15) is 0 Å². The Labute approximate surface area is 173 Å². The van der Waals surface area contributed by atoms with Crippen molar-refractivity contribution in [1.29, 1.82) is 0 Å². The van der Waals surface area contributed by atoms with Gasteiger partial charge in [-0.3, -0.25) is 19.7 Å². The van der Waals surface area contributed by atoms with E-state index in [0.717, 1.165) is 5.56 Å². The molecule has 4 rings (SSSR count). The molecule has 0 radical (unpaired) electrons. The van der Waals surface area contributed by atoms with Gasteiger partial charge in [0.1, 0.15) is 5.67 Å². The molecule has 1 amide bonds. The Morgan fingerprint density at radius 2 is 1.83 bits per heavy atom. The molecule has 0 atom stereocenters. The third kappa shape index (κ3) is 4.43. The molecule has 148 valence electrons. The number of piperidine rings is 1. The number of rotatable bonds is 4. The highest BCUT2D eigenvalue weighted by atomic mass is 35.5. The second-order valence-electron chi connectivity index (χ2n) is 7.22. The highest BCUT2D eigenvalue weighted by Gasteiger charge is 2.37. The maximum Gasteiger partial charge on any atom is 0.256 e. The molecule has 4 heterocycles. The zero-order valence-electron chi connectivity index (χ0n) is 15.8. The van der Waals surface area contributed by atoms with Crippen molar-refractivity contribution in [2.75, 3.05) is 13.1 Å². The highest BCUT2D eigenvalue weighted by Crippen LogP contribution is 2.31. The average Bonchev–Trinajstić information content (AvgIpc) is 2.76. The summed E-state index contributed by atoms with van der Waals surface area (Å²) in [7, 11) is 0. The van der Waals surface area contributed by atoms with Crippen LogP contribution in [-0.2, 0) is 6.42 Å². The Bertz CT molecular complexity index is 989. The fourth-order valence-corrected chi connectivity index (χ4v) is 3.72. The van der Waals surface area contributed by atoms with Gasteiger partial charge >= 0.3 is 0 Å². The Morgan fingerprint density at radius 1 is 1.07 bits per heavy atom. The number of likely N-dealkylation sites (tertiary alicyclic amines) is 1. The zero-order valence-corrected chi connectivity index (χ0v) is 16.5. The van der Waals surface area contributed by atoms with Gasteiger partial charge in [0.2, 0.25) is 0 Å². The Morgan fingerprint density at radius 3 is 2.52 bits per heavy atom. The first-order valence-electron chi connectivity index (χ1n) is 9.48. The highest BCUT2D eigenvalue weighted by molar-refractivity contribution is 6.30. The van der Waals surface area contributed by atoms with E-state index >= 15 is 4.39 Å². The van der Waals surface area contributed by atoms with Crippen molar-refractivity contribution < 1.29 is 9.18 Å². The topological polar surface area (TPSA) is 59.0 Å². The second kappa shape index (κ2) is 8.25. The third-order valence-corrected chi connectivity index (χ3v) is 5.45. The first-order valence-corrected chi connectivity index (χ1v) is 9.86. The molecule has 29 heavy (non-hydrogen) atoms. The van der Waals surface area contributed by atoms with Crippen LogP contribution in [-0.4, -0.2) is 44.5 Å². The van der Waals surface area contributed by atoms with Crippen molar-refractivity contribution in [2.45, 2.75) is 24.9 Å². The Balaban J connectivity index is 1.47. The molecule has 1 aliphatic heterocycles. The van der Waals surface area contributed by atoms with Gasteiger partial charge in [0, 0.05) is 55.6 Å². The minimum absolute atomic E-state index is 0.128. The monoisotopic (exact) mass is 410 g/mol. The van der Waals surface area contributed by atoms with Crippen LogP contribution >= 0.6 is 11.6 Å². The van der Waals surface area contributed by atoms with Gasteiger partial charge < -0.3 is 4.90 Å². The molecule has 1 saturated heterocycles. The van der Waals surface area contributed by atoms with E-state index in [1.165, 1.54) is 6.20 Å². The van der Waals surface area contributed by atoms with Gasteiger partial charge in [-0.1, -0.05) is 11.6 Å². The van der Waals surface area contributed by atoms with Crippen molar-refractivity contribution in [1.82, 2.24) is 19.9 Å². The lowest BCUT2D eigenvalue weighted by atomic mass is 9.88. The number of hydrogen-bond donors (Lipinski definition) is 0. The first-order chi connectivity index (χ1) is 14.0. The summed E-state index contributed by atoms with van der Waals surface area (Å²) in [6.07, 6.45) is 7.29. The minimum atomic E-state index is -1.37. The number of pyridine rings is 3. The van der Waals surface area contributed by atoms with Crippen LogP contribution in [0.2, 0.25) is 5.02 Å². The molecule has 5 nitrogen and oxygen atoms in total. The van der Waals surface area contributed by atoms with Crippen LogP contribution in [0.3, 0.4) is 0 Å². The number of amides is 1. The van der Waals surface area contributed by atoms with Crippen molar-refractivity contribution >= 4 is 17.5 Å². The summed E-state index contributed by atoms with van der Waals surface area (Å²) in [5.41, 5.74) is 1.26. The van der Waals surface area contributed by atoms with Crippen molar-refractivity contribution in [3.05, 3.63) is 77.5 Å². The van der Waals surface area contributed by atoms with Gasteiger partial charge in [-0.25, -0.2) is 4.39 Å². The maximum atomic E-state index is 15.3. The van der Waals surface area contributed by atoms with Crippen LogP contribution in [0, 0.1) is 0 Å². The molecular weight excluding hydrogens is 391 g/mol. The van der Waals surface area contributed by atoms with Gasteiger partial charge in [-0.15, -0.1) is 0 Å². The van der Waals surface area contributed by atoms with Crippen LogP contribution in [0.4, 0.5) is 4.39 Å². The maximum absolute atomic E-state index is 15.3. The zero-order chi connectivity index (χ0) is 20.3. The lowest BCUT2D eigenvalue weighted by Gasteiger charge is -2.36. The molecule has 0 aromatic carbocycles. The van der Waals surface area contributed by atoms with Gasteiger partial charge in [0.15, 0.2) is 0 Å². The van der Waals surface area contributed by atoms with Crippen LogP contribution in [0.1, 0.15) is 28.9 Å². The molecule has 0 N–H and O–H groups in total. The summed E-state index contributed by atoms with van der Waals surface area (Å²) < 4.78 is 15.3. The SMILES string of the molecule is O=C(c1cccnc1-c1ccncc1)N1CCC(F)(Cc2ccc(Cl)cn2)CC1. The van der Waals surface area contributed by atoms with E-state index in [4.69, 9.17) is 11.6 Å². The molecule has 0 aliphatic carbocycles. The molecule has 0 saturated carbocycles. The van der Waals surface area contributed by atoms with E-state index in [0.29, 0.717) is 35.1 Å². The second-order valence-corrected chi connectivity index (χ2v) is 7.66. The van der Waals surface area contributed by atoms with Crippen molar-refractivity contribution in [3.8, 4) is 11.3 Å². The van der Waals surface area contributed by atoms with Crippen molar-refractivity contribution in [3.63, 3.8) is 0 Å². The summed E-state index contributed by atoms with van der Waals surface area (Å²) in [5.74, 6) is -0.128. The number of halogens is 2. The smallest absolute Gasteiger partial charge is 0.256 e. The predicted octanol–water partition coefficient (Wildman–Crippen LogP) is 4.38. The predicted molar refractivity (Wildman–Crippen MR) is 109 cm³/mol. The van der Waals surface area contributed by atoms with E-state index in [1.54, 1.807) is 47.8 Å². The van der Waals surface area contributed by atoms with Crippen molar-refractivity contribution in [2.24, 2.45) is 0 Å². The summed E-state index contributed by atoms with van der Waals surface area (Å²) >= 11 is 5.85. The number of hydrogen-bond acceptors (Lipinski definition) is 4. The fourth-order valence-electron chi connectivity index (χ4n) is 3.61. The number of alkyl halides is 1. The Hall–Kier alpha value is -2.86. The molecule has 1 fully saturated rings. The molecular formula is C22H20ClFN4O. The van der Waals surface area contributed by atoms with E-state index in [1.807, 2.05) is 12.1 Å². The number of carbonyl (C=O) groups is 1. The first kappa shape index (κ1) is 19.5. The number of aromatic nitrogens is 3. The quantitative estimate of drug-likeness (QED) is 0.640. The standard InChI is InChI=1S/C22H20ClFN4O/c23-17-3-4-18(27-15-17)14-22(24)7-12-28(13-8-22)21(29)19-2-1-9-26-20(19)16-5-10-25-11-6-16/h1-6,9-11,15H,7-8,12-14H2. The summed E-state index contributed by atoms with van der Waals surface area (Å²) in [5, 5.41) is 0.531. The lowest BCUT2D eigenvalue weighted by Crippen LogP contribution is -2.45. The summed E-state index contributed by atoms with van der Waals surface area (Å²) in [6, 6.07) is 10.6. The minimum Gasteiger partial charge on any atom is -0.338 e. The average molecular weight is 411 g/mol. The van der Waals surface area contributed by atoms with Gasteiger partial charge in [0.05, 0.1) is 16.3 Å². The normalized spacial score (nSPS) is 15.9.